The van der Waals surface area contributed by atoms with Crippen LogP contribution in [0.3, 0.4) is 0 Å². The average Bonchev–Trinajstić information content (AvgIpc) is 2.86. The summed E-state index contributed by atoms with van der Waals surface area (Å²) in [6.45, 7) is 6.20. The van der Waals surface area contributed by atoms with Crippen LogP contribution in [-0.2, 0) is 6.54 Å². The lowest BCUT2D eigenvalue weighted by atomic mass is 10.1. The van der Waals surface area contributed by atoms with E-state index in [9.17, 15) is 4.39 Å². The van der Waals surface area contributed by atoms with E-state index in [1.165, 1.54) is 18.1 Å². The lowest BCUT2D eigenvalue weighted by Gasteiger charge is -2.07. The molecule has 1 aliphatic carbocycles. The Hall–Kier alpha value is -0.890. The van der Waals surface area contributed by atoms with Gasteiger partial charge in [0.1, 0.15) is 5.82 Å². The molecule has 0 amide bonds. The number of nitrogens with one attached hydrogen (secondary N) is 1. The van der Waals surface area contributed by atoms with Gasteiger partial charge in [-0.25, -0.2) is 4.39 Å². The zero-order chi connectivity index (χ0) is 10.8. The third kappa shape index (κ3) is 2.78. The van der Waals surface area contributed by atoms with Gasteiger partial charge in [-0.2, -0.15) is 0 Å². The van der Waals surface area contributed by atoms with E-state index in [1.807, 2.05) is 13.0 Å². The van der Waals surface area contributed by atoms with E-state index in [0.717, 1.165) is 30.5 Å². The van der Waals surface area contributed by atoms with Gasteiger partial charge in [0.2, 0.25) is 0 Å². The van der Waals surface area contributed by atoms with Gasteiger partial charge in [-0.1, -0.05) is 13.0 Å². The molecule has 2 unspecified atom stereocenters. The molecule has 2 heteroatoms. The minimum absolute atomic E-state index is 0.146. The number of rotatable bonds is 4. The summed E-state index contributed by atoms with van der Waals surface area (Å²) in [5.74, 6) is 1.62. The molecular weight excluding hydrogens is 189 g/mol. The Morgan fingerprint density at radius 3 is 2.80 bits per heavy atom. The summed E-state index contributed by atoms with van der Waals surface area (Å²) in [7, 11) is 0. The largest absolute Gasteiger partial charge is 0.312 e. The molecule has 0 heterocycles. The predicted octanol–water partition coefficient (Wildman–Crippen LogP) is 2.88. The first kappa shape index (κ1) is 10.6. The van der Waals surface area contributed by atoms with E-state index in [1.54, 1.807) is 6.07 Å². The Morgan fingerprint density at radius 2 is 2.20 bits per heavy atom. The van der Waals surface area contributed by atoms with Crippen LogP contribution in [0.2, 0.25) is 0 Å². The van der Waals surface area contributed by atoms with Crippen LogP contribution >= 0.6 is 0 Å². The quantitative estimate of drug-likeness (QED) is 0.800. The van der Waals surface area contributed by atoms with E-state index < -0.39 is 0 Å². The first-order valence-corrected chi connectivity index (χ1v) is 5.62. The predicted molar refractivity (Wildman–Crippen MR) is 60.1 cm³/mol. The molecule has 82 valence electrons. The summed E-state index contributed by atoms with van der Waals surface area (Å²) in [6, 6.07) is 4.99. The van der Waals surface area contributed by atoms with Crippen LogP contribution in [0.1, 0.15) is 24.5 Å². The monoisotopic (exact) mass is 207 g/mol. The molecule has 2 rings (SSSR count). The van der Waals surface area contributed by atoms with Gasteiger partial charge in [-0.3, -0.25) is 0 Å². The molecule has 1 nitrogen and oxygen atoms in total. The van der Waals surface area contributed by atoms with E-state index in [2.05, 4.69) is 12.2 Å². The van der Waals surface area contributed by atoms with Crippen LogP contribution in [0.4, 0.5) is 4.39 Å². The molecule has 1 aromatic carbocycles. The summed E-state index contributed by atoms with van der Waals surface area (Å²) in [5.41, 5.74) is 2.23. The average molecular weight is 207 g/mol. The topological polar surface area (TPSA) is 12.0 Å². The van der Waals surface area contributed by atoms with Gasteiger partial charge in [0.15, 0.2) is 0 Å². The minimum atomic E-state index is -0.146. The number of halogens is 1. The number of benzene rings is 1. The molecule has 0 spiro atoms. The second-order valence-corrected chi connectivity index (χ2v) is 4.67. The van der Waals surface area contributed by atoms with Crippen molar-refractivity contribution in [1.29, 1.82) is 0 Å². The van der Waals surface area contributed by atoms with E-state index in [0.29, 0.717) is 0 Å². The van der Waals surface area contributed by atoms with E-state index in [-0.39, 0.29) is 5.82 Å². The molecule has 1 N–H and O–H groups in total. The fourth-order valence-electron chi connectivity index (χ4n) is 1.93. The summed E-state index contributed by atoms with van der Waals surface area (Å²) < 4.78 is 12.8. The zero-order valence-corrected chi connectivity index (χ0v) is 9.39. The molecule has 0 radical (unpaired) electrons. The standard InChI is InChI=1S/C13H18FN/c1-9-5-12(9)8-15-7-11-3-4-13(14)6-10(11)2/h3-4,6,9,12,15H,5,7-8H2,1-2H3. The Balaban J connectivity index is 1.82. The molecule has 0 saturated heterocycles. The van der Waals surface area contributed by atoms with Gasteiger partial charge in [-0.05, 0) is 55.0 Å². The maximum absolute atomic E-state index is 12.8. The molecule has 1 saturated carbocycles. The number of hydrogen-bond acceptors (Lipinski definition) is 1. The van der Waals surface area contributed by atoms with E-state index >= 15 is 0 Å². The van der Waals surface area contributed by atoms with Gasteiger partial charge >= 0.3 is 0 Å². The van der Waals surface area contributed by atoms with Gasteiger partial charge in [-0.15, -0.1) is 0 Å². The van der Waals surface area contributed by atoms with Crippen molar-refractivity contribution in [2.75, 3.05) is 6.54 Å². The summed E-state index contributed by atoms with van der Waals surface area (Å²) >= 11 is 0. The fraction of sp³-hybridized carbons (Fsp3) is 0.538. The van der Waals surface area contributed by atoms with Crippen molar-refractivity contribution in [1.82, 2.24) is 5.32 Å². The molecule has 1 fully saturated rings. The van der Waals surface area contributed by atoms with Crippen LogP contribution < -0.4 is 5.32 Å². The fourth-order valence-corrected chi connectivity index (χ4v) is 1.93. The maximum Gasteiger partial charge on any atom is 0.123 e. The maximum atomic E-state index is 12.8. The van der Waals surface area contributed by atoms with Crippen molar-refractivity contribution in [3.8, 4) is 0 Å². The normalized spacial score (nSPS) is 24.2. The molecular formula is C13H18FN. The van der Waals surface area contributed by atoms with Crippen molar-refractivity contribution < 1.29 is 4.39 Å². The highest BCUT2D eigenvalue weighted by molar-refractivity contribution is 5.26. The summed E-state index contributed by atoms with van der Waals surface area (Å²) in [5, 5.41) is 3.43. The lowest BCUT2D eigenvalue weighted by Crippen LogP contribution is -2.17. The highest BCUT2D eigenvalue weighted by atomic mass is 19.1. The number of hydrogen-bond donors (Lipinski definition) is 1. The summed E-state index contributed by atoms with van der Waals surface area (Å²) in [4.78, 5) is 0. The van der Waals surface area contributed by atoms with Gasteiger partial charge < -0.3 is 5.32 Å². The highest BCUT2D eigenvalue weighted by Crippen LogP contribution is 2.36. The third-order valence-corrected chi connectivity index (χ3v) is 3.30. The van der Waals surface area contributed by atoms with Crippen LogP contribution in [-0.4, -0.2) is 6.54 Å². The molecule has 1 aliphatic rings. The Morgan fingerprint density at radius 1 is 1.47 bits per heavy atom. The third-order valence-electron chi connectivity index (χ3n) is 3.30. The second kappa shape index (κ2) is 4.31. The smallest absolute Gasteiger partial charge is 0.123 e. The first-order chi connectivity index (χ1) is 7.16. The van der Waals surface area contributed by atoms with Crippen LogP contribution in [0, 0.1) is 24.6 Å². The van der Waals surface area contributed by atoms with Crippen LogP contribution in [0.25, 0.3) is 0 Å². The summed E-state index contributed by atoms with van der Waals surface area (Å²) in [6.07, 6.45) is 1.36. The van der Waals surface area contributed by atoms with Gasteiger partial charge in [0.25, 0.3) is 0 Å². The van der Waals surface area contributed by atoms with Crippen molar-refractivity contribution in [2.24, 2.45) is 11.8 Å². The Bertz CT molecular complexity index is 348. The second-order valence-electron chi connectivity index (χ2n) is 4.67. The van der Waals surface area contributed by atoms with E-state index in [4.69, 9.17) is 0 Å². The zero-order valence-electron chi connectivity index (χ0n) is 9.39. The van der Waals surface area contributed by atoms with Gasteiger partial charge in [0, 0.05) is 6.54 Å². The minimum Gasteiger partial charge on any atom is -0.312 e. The SMILES string of the molecule is Cc1cc(F)ccc1CNCC1CC1C. The van der Waals surface area contributed by atoms with Crippen molar-refractivity contribution in [3.05, 3.63) is 35.1 Å². The molecule has 0 bridgehead atoms. The van der Waals surface area contributed by atoms with Crippen molar-refractivity contribution in [3.63, 3.8) is 0 Å². The molecule has 0 aromatic heterocycles. The Labute approximate surface area is 90.7 Å². The van der Waals surface area contributed by atoms with Crippen molar-refractivity contribution >= 4 is 0 Å². The molecule has 15 heavy (non-hydrogen) atoms. The lowest BCUT2D eigenvalue weighted by molar-refractivity contribution is 0.604. The van der Waals surface area contributed by atoms with Crippen LogP contribution in [0.15, 0.2) is 18.2 Å². The molecule has 0 aliphatic heterocycles. The first-order valence-electron chi connectivity index (χ1n) is 5.62. The Kier molecular flexibility index (Phi) is 3.06. The van der Waals surface area contributed by atoms with Gasteiger partial charge in [0.05, 0.1) is 0 Å². The molecule has 1 aromatic rings. The van der Waals surface area contributed by atoms with Crippen LogP contribution in [0.5, 0.6) is 0 Å². The highest BCUT2D eigenvalue weighted by Gasteiger charge is 2.31. The number of aryl methyl sites for hydroxylation is 1. The molecule has 2 atom stereocenters. The van der Waals surface area contributed by atoms with Crippen molar-refractivity contribution in [2.45, 2.75) is 26.8 Å².